The number of phosphoric ester groups is 2. The molecule has 0 aromatic carbocycles. The van der Waals surface area contributed by atoms with E-state index in [0.717, 1.165) is 102 Å². The molecule has 6 atom stereocenters. The number of phosphoric acid groups is 2. The van der Waals surface area contributed by atoms with Gasteiger partial charge in [0.2, 0.25) is 0 Å². The highest BCUT2D eigenvalue weighted by atomic mass is 31.2. The van der Waals surface area contributed by atoms with Crippen LogP contribution < -0.4 is 0 Å². The van der Waals surface area contributed by atoms with E-state index < -0.39 is 97.5 Å². The van der Waals surface area contributed by atoms with E-state index in [9.17, 15) is 43.2 Å². The molecule has 4 unspecified atom stereocenters. The molecule has 3 N–H and O–H groups in total. The smallest absolute Gasteiger partial charge is 0.462 e. The van der Waals surface area contributed by atoms with Crippen LogP contribution in [0.4, 0.5) is 0 Å². The van der Waals surface area contributed by atoms with E-state index in [1.165, 1.54) is 96.3 Å². The second-order valence-electron chi connectivity index (χ2n) is 24.1. The standard InChI is InChI=1S/C62H120O17P2/c1-9-55(8)41-33-25-15-11-13-17-27-35-43-60(65)73-49-58(79-62(67)45-37-29-21-19-24-32-40-54(6)7)51-77-81(70,71)75-47-56(63)46-74-80(68,69)76-50-57(78-61(66)44-36-28-20-18-23-31-39-53(4)5)48-72-59(64)42-34-26-16-12-10-14-22-30-38-52(2)3/h52-58,63H,9-51H2,1-8H3,(H,68,69)(H,70,71)/t55?,56?,57-,58-/m1/s1. The zero-order valence-corrected chi connectivity index (χ0v) is 54.2. The maximum Gasteiger partial charge on any atom is 0.472 e. The minimum Gasteiger partial charge on any atom is -0.462 e. The van der Waals surface area contributed by atoms with Gasteiger partial charge in [0.1, 0.15) is 19.3 Å². The van der Waals surface area contributed by atoms with Gasteiger partial charge < -0.3 is 33.8 Å². The number of hydrogen-bond donors (Lipinski definition) is 3. The van der Waals surface area contributed by atoms with Crippen molar-refractivity contribution in [2.75, 3.05) is 39.6 Å². The van der Waals surface area contributed by atoms with Crippen molar-refractivity contribution < 1.29 is 80.2 Å². The van der Waals surface area contributed by atoms with Gasteiger partial charge in [-0.05, 0) is 49.4 Å². The van der Waals surface area contributed by atoms with Crippen LogP contribution in [-0.2, 0) is 65.4 Å². The molecule has 0 saturated carbocycles. The van der Waals surface area contributed by atoms with Crippen LogP contribution in [0.2, 0.25) is 0 Å². The van der Waals surface area contributed by atoms with Crippen LogP contribution in [0.5, 0.6) is 0 Å². The van der Waals surface area contributed by atoms with Gasteiger partial charge in [0.25, 0.3) is 0 Å². The van der Waals surface area contributed by atoms with Crippen molar-refractivity contribution in [3.8, 4) is 0 Å². The number of rotatable bonds is 59. The van der Waals surface area contributed by atoms with E-state index in [-0.39, 0.29) is 25.7 Å². The summed E-state index contributed by atoms with van der Waals surface area (Å²) >= 11 is 0. The van der Waals surface area contributed by atoms with Gasteiger partial charge >= 0.3 is 39.5 Å². The van der Waals surface area contributed by atoms with E-state index in [1.54, 1.807) is 0 Å². The Labute approximate surface area is 492 Å². The minimum atomic E-state index is -4.94. The SMILES string of the molecule is CCC(C)CCCCCCCCCCC(=O)OC[C@H](COP(=O)(O)OCC(O)COP(=O)(O)OC[C@@H](COC(=O)CCCCCCCCCCC(C)C)OC(=O)CCCCCCCCC(C)C)OC(=O)CCCCCCCCC(C)C. The van der Waals surface area contributed by atoms with Gasteiger partial charge in [-0.1, -0.05) is 242 Å². The number of aliphatic hydroxyl groups excluding tert-OH is 1. The van der Waals surface area contributed by atoms with E-state index in [0.29, 0.717) is 37.5 Å². The first-order valence-electron chi connectivity index (χ1n) is 32.2. The summed E-state index contributed by atoms with van der Waals surface area (Å²) in [5, 5.41) is 10.5. The summed E-state index contributed by atoms with van der Waals surface area (Å²) in [6, 6.07) is 0. The normalized spacial score (nSPS) is 14.8. The predicted octanol–water partition coefficient (Wildman–Crippen LogP) is 16.6. The molecule has 0 fully saturated rings. The zero-order chi connectivity index (χ0) is 60.4. The number of ether oxygens (including phenoxy) is 4. The first-order chi connectivity index (χ1) is 38.6. The first-order valence-corrected chi connectivity index (χ1v) is 35.2. The van der Waals surface area contributed by atoms with Crippen molar-refractivity contribution in [2.45, 2.75) is 311 Å². The van der Waals surface area contributed by atoms with Crippen LogP contribution in [0.15, 0.2) is 0 Å². The fourth-order valence-electron chi connectivity index (χ4n) is 9.04. The quantitative estimate of drug-likeness (QED) is 0.0222. The third-order valence-corrected chi connectivity index (χ3v) is 16.3. The Bertz CT molecular complexity index is 1630. The Morgan fingerprint density at radius 3 is 0.877 bits per heavy atom. The zero-order valence-electron chi connectivity index (χ0n) is 52.4. The summed E-state index contributed by atoms with van der Waals surface area (Å²) in [6.45, 7) is 13.9. The Hall–Kier alpha value is -1.94. The lowest BCUT2D eigenvalue weighted by molar-refractivity contribution is -0.161. The molecule has 0 saturated heterocycles. The van der Waals surface area contributed by atoms with Crippen LogP contribution >= 0.6 is 15.6 Å². The molecule has 0 heterocycles. The molecule has 0 aromatic heterocycles. The van der Waals surface area contributed by atoms with Crippen molar-refractivity contribution in [1.29, 1.82) is 0 Å². The minimum absolute atomic E-state index is 0.101. The maximum atomic E-state index is 12.9. The molecule has 0 radical (unpaired) electrons. The van der Waals surface area contributed by atoms with Crippen LogP contribution in [-0.4, -0.2) is 96.7 Å². The molecule has 0 spiro atoms. The summed E-state index contributed by atoms with van der Waals surface area (Å²) in [4.78, 5) is 72.0. The lowest BCUT2D eigenvalue weighted by atomic mass is 9.99. The van der Waals surface area contributed by atoms with Gasteiger partial charge in [-0.3, -0.25) is 37.3 Å². The molecule has 0 rings (SSSR count). The molecule has 0 bridgehead atoms. The van der Waals surface area contributed by atoms with Crippen LogP contribution in [0.25, 0.3) is 0 Å². The molecule has 19 heteroatoms. The van der Waals surface area contributed by atoms with E-state index >= 15 is 0 Å². The van der Waals surface area contributed by atoms with Gasteiger partial charge in [-0.2, -0.15) is 0 Å². The fraction of sp³-hybridized carbons (Fsp3) is 0.935. The predicted molar refractivity (Wildman–Crippen MR) is 321 cm³/mol. The Kier molecular flexibility index (Phi) is 51.1. The Morgan fingerprint density at radius 1 is 0.346 bits per heavy atom. The van der Waals surface area contributed by atoms with Crippen molar-refractivity contribution >= 4 is 39.5 Å². The third-order valence-electron chi connectivity index (χ3n) is 14.4. The van der Waals surface area contributed by atoms with Crippen LogP contribution in [0, 0.1) is 23.7 Å². The molecule has 0 aliphatic heterocycles. The average Bonchev–Trinajstić information content (AvgIpc) is 3.41. The Balaban J connectivity index is 5.23. The molecule has 17 nitrogen and oxygen atoms in total. The van der Waals surface area contributed by atoms with E-state index in [1.807, 2.05) is 0 Å². The fourth-order valence-corrected chi connectivity index (χ4v) is 10.6. The number of carbonyl (C=O) groups is 4. The van der Waals surface area contributed by atoms with Gasteiger partial charge in [-0.15, -0.1) is 0 Å². The van der Waals surface area contributed by atoms with Crippen LogP contribution in [0.3, 0.4) is 0 Å². The molecule has 0 amide bonds. The molecule has 0 aromatic rings. The summed E-state index contributed by atoms with van der Waals surface area (Å²) < 4.78 is 67.8. The first kappa shape index (κ1) is 79.1. The Morgan fingerprint density at radius 2 is 0.593 bits per heavy atom. The number of hydrogen-bond acceptors (Lipinski definition) is 15. The second-order valence-corrected chi connectivity index (χ2v) is 27.0. The highest BCUT2D eigenvalue weighted by Crippen LogP contribution is 2.45. The summed E-state index contributed by atoms with van der Waals surface area (Å²) in [6.07, 6.45) is 31.1. The number of esters is 4. The maximum absolute atomic E-state index is 12.9. The third kappa shape index (κ3) is 55.7. The van der Waals surface area contributed by atoms with E-state index in [4.69, 9.17) is 37.0 Å². The van der Waals surface area contributed by atoms with Crippen LogP contribution in [0.1, 0.15) is 293 Å². The average molecular weight is 1200 g/mol. The molecule has 0 aliphatic carbocycles. The van der Waals surface area contributed by atoms with Gasteiger partial charge in [0.15, 0.2) is 12.2 Å². The van der Waals surface area contributed by atoms with Crippen molar-refractivity contribution in [2.24, 2.45) is 23.7 Å². The largest absolute Gasteiger partial charge is 0.472 e. The summed E-state index contributed by atoms with van der Waals surface area (Å²) in [5.74, 6) is 0.693. The molecular formula is C62H120O17P2. The molecular weight excluding hydrogens is 1080 g/mol. The summed E-state index contributed by atoms with van der Waals surface area (Å²) in [5.41, 5.74) is 0. The second kappa shape index (κ2) is 52.4. The van der Waals surface area contributed by atoms with Crippen molar-refractivity contribution in [3.63, 3.8) is 0 Å². The molecule has 480 valence electrons. The van der Waals surface area contributed by atoms with E-state index in [2.05, 4.69) is 55.4 Å². The topological polar surface area (TPSA) is 237 Å². The highest BCUT2D eigenvalue weighted by Gasteiger charge is 2.30. The van der Waals surface area contributed by atoms with Crippen molar-refractivity contribution in [3.05, 3.63) is 0 Å². The van der Waals surface area contributed by atoms with Gasteiger partial charge in [0, 0.05) is 25.7 Å². The number of unbranched alkanes of at least 4 members (excludes halogenated alkanes) is 24. The summed E-state index contributed by atoms with van der Waals surface area (Å²) in [7, 11) is -9.88. The highest BCUT2D eigenvalue weighted by molar-refractivity contribution is 7.47. The number of aliphatic hydroxyl groups is 1. The monoisotopic (exact) mass is 1200 g/mol. The van der Waals surface area contributed by atoms with Gasteiger partial charge in [0.05, 0.1) is 26.4 Å². The molecule has 81 heavy (non-hydrogen) atoms. The number of carbonyl (C=O) groups excluding carboxylic acids is 4. The lowest BCUT2D eigenvalue weighted by Gasteiger charge is -2.21. The van der Waals surface area contributed by atoms with Gasteiger partial charge in [-0.25, -0.2) is 9.13 Å². The van der Waals surface area contributed by atoms with Crippen molar-refractivity contribution in [1.82, 2.24) is 0 Å². The molecule has 0 aliphatic rings. The lowest BCUT2D eigenvalue weighted by Crippen LogP contribution is -2.30.